The summed E-state index contributed by atoms with van der Waals surface area (Å²) in [6.45, 7) is 6.35. The first-order chi connectivity index (χ1) is 10.8. The number of ether oxygens (including phenoxy) is 1. The molecule has 1 N–H and O–H groups in total. The van der Waals surface area contributed by atoms with Crippen LogP contribution in [0.3, 0.4) is 0 Å². The lowest BCUT2D eigenvalue weighted by molar-refractivity contribution is 0.112. The number of carbonyl (C=O) groups is 1. The fourth-order valence-corrected chi connectivity index (χ4v) is 2.19. The summed E-state index contributed by atoms with van der Waals surface area (Å²) in [7, 11) is -4.02. The molecule has 5 nitrogen and oxygen atoms in total. The average molecular weight is 336 g/mol. The Balaban J connectivity index is 0.000000231. The molecule has 0 radical (unpaired) electrons. The Bertz CT molecular complexity index is 749. The minimum Gasteiger partial charge on any atom is -0.494 e. The number of hydrogen-bond acceptors (Lipinski definition) is 4. The smallest absolute Gasteiger partial charge is 0.294 e. The van der Waals surface area contributed by atoms with Crippen molar-refractivity contribution in [3.8, 4) is 5.75 Å². The predicted octanol–water partition coefficient (Wildman–Crippen LogP) is 3.45. The molecule has 0 unspecified atom stereocenters. The van der Waals surface area contributed by atoms with E-state index in [4.69, 9.17) is 9.29 Å². The lowest BCUT2D eigenvalue weighted by Gasteiger charge is -2.06. The minimum absolute atomic E-state index is 0.0666. The second-order valence-electron chi connectivity index (χ2n) is 4.86. The molecule has 0 aromatic heterocycles. The van der Waals surface area contributed by atoms with E-state index in [0.717, 1.165) is 23.2 Å². The zero-order valence-electron chi connectivity index (χ0n) is 13.3. The molecule has 2 rings (SSSR count). The summed E-state index contributed by atoms with van der Waals surface area (Å²) in [5, 5.41) is 0. The SMILES string of the molecule is CCOc1cc(C=O)ccc1C.Cc1ccc(S(=O)(=O)O)cc1. The third kappa shape index (κ3) is 6.22. The van der Waals surface area contributed by atoms with Crippen LogP contribution in [-0.4, -0.2) is 25.9 Å². The van der Waals surface area contributed by atoms with Gasteiger partial charge in [0.2, 0.25) is 0 Å². The first-order valence-electron chi connectivity index (χ1n) is 7.00. The van der Waals surface area contributed by atoms with Crippen LogP contribution in [0, 0.1) is 13.8 Å². The molecule has 2 aromatic carbocycles. The Hall–Kier alpha value is -2.18. The van der Waals surface area contributed by atoms with E-state index in [-0.39, 0.29) is 4.90 Å². The second kappa shape index (κ2) is 8.45. The fourth-order valence-electron chi connectivity index (χ4n) is 1.71. The standard InChI is InChI=1S/C10H12O2.C7H8O3S/c1-3-12-10-6-9(7-11)5-4-8(10)2;1-6-2-4-7(5-3-6)11(8,9)10/h4-7H,3H2,1-2H3;2-5H,1H3,(H,8,9,10). The van der Waals surface area contributed by atoms with Crippen molar-refractivity contribution >= 4 is 16.4 Å². The van der Waals surface area contributed by atoms with E-state index in [0.29, 0.717) is 12.2 Å². The van der Waals surface area contributed by atoms with Crippen LogP contribution in [0.2, 0.25) is 0 Å². The van der Waals surface area contributed by atoms with E-state index < -0.39 is 10.1 Å². The van der Waals surface area contributed by atoms with E-state index in [1.807, 2.05) is 26.8 Å². The quantitative estimate of drug-likeness (QED) is 0.683. The fraction of sp³-hybridized carbons (Fsp3) is 0.235. The summed E-state index contributed by atoms with van der Waals surface area (Å²) < 4.78 is 34.9. The molecule has 6 heteroatoms. The van der Waals surface area contributed by atoms with Crippen LogP contribution in [0.1, 0.15) is 28.4 Å². The zero-order chi connectivity index (χ0) is 17.5. The monoisotopic (exact) mass is 336 g/mol. The topological polar surface area (TPSA) is 80.7 Å². The molecule has 0 bridgehead atoms. The van der Waals surface area contributed by atoms with Crippen molar-refractivity contribution in [1.82, 2.24) is 0 Å². The summed E-state index contributed by atoms with van der Waals surface area (Å²) >= 11 is 0. The van der Waals surface area contributed by atoms with Crippen LogP contribution in [0.5, 0.6) is 5.75 Å². The maximum atomic E-state index is 10.5. The first-order valence-corrected chi connectivity index (χ1v) is 8.44. The molecule has 0 aliphatic heterocycles. The second-order valence-corrected chi connectivity index (χ2v) is 6.29. The summed E-state index contributed by atoms with van der Waals surface area (Å²) in [6, 6.07) is 11.4. The van der Waals surface area contributed by atoms with Crippen LogP contribution >= 0.6 is 0 Å². The highest BCUT2D eigenvalue weighted by atomic mass is 32.2. The molecule has 0 saturated heterocycles. The van der Waals surface area contributed by atoms with Gasteiger partial charge in [0.25, 0.3) is 10.1 Å². The molecule has 0 saturated carbocycles. The highest BCUT2D eigenvalue weighted by molar-refractivity contribution is 7.85. The van der Waals surface area contributed by atoms with Crippen LogP contribution in [0.4, 0.5) is 0 Å². The van der Waals surface area contributed by atoms with E-state index in [2.05, 4.69) is 0 Å². The van der Waals surface area contributed by atoms with Gasteiger partial charge in [-0.05, 0) is 44.5 Å². The molecule has 0 spiro atoms. The largest absolute Gasteiger partial charge is 0.494 e. The number of rotatable bonds is 4. The highest BCUT2D eigenvalue weighted by Crippen LogP contribution is 2.18. The van der Waals surface area contributed by atoms with Gasteiger partial charge in [-0.1, -0.05) is 29.8 Å². The molecular weight excluding hydrogens is 316 g/mol. The van der Waals surface area contributed by atoms with Crippen molar-refractivity contribution in [2.24, 2.45) is 0 Å². The molecule has 0 amide bonds. The molecule has 23 heavy (non-hydrogen) atoms. The van der Waals surface area contributed by atoms with Gasteiger partial charge in [0, 0.05) is 5.56 Å². The molecule has 0 fully saturated rings. The highest BCUT2D eigenvalue weighted by Gasteiger charge is 2.06. The van der Waals surface area contributed by atoms with Crippen LogP contribution in [0.15, 0.2) is 47.4 Å². The minimum atomic E-state index is -4.02. The van der Waals surface area contributed by atoms with E-state index in [1.165, 1.54) is 12.1 Å². The van der Waals surface area contributed by atoms with Gasteiger partial charge in [0.1, 0.15) is 12.0 Å². The third-order valence-corrected chi connectivity index (χ3v) is 3.83. The average Bonchev–Trinajstić information content (AvgIpc) is 2.50. The summed E-state index contributed by atoms with van der Waals surface area (Å²) in [4.78, 5) is 10.4. The Morgan fingerprint density at radius 1 is 1.09 bits per heavy atom. The van der Waals surface area contributed by atoms with Crippen molar-refractivity contribution in [3.63, 3.8) is 0 Å². The maximum Gasteiger partial charge on any atom is 0.294 e. The molecule has 0 aliphatic carbocycles. The lowest BCUT2D eigenvalue weighted by Crippen LogP contribution is -1.96. The van der Waals surface area contributed by atoms with Crippen molar-refractivity contribution in [3.05, 3.63) is 59.2 Å². The summed E-state index contributed by atoms with van der Waals surface area (Å²) in [5.41, 5.74) is 2.67. The number of aryl methyl sites for hydroxylation is 2. The first kappa shape index (κ1) is 18.9. The van der Waals surface area contributed by atoms with Crippen LogP contribution < -0.4 is 4.74 Å². The van der Waals surface area contributed by atoms with E-state index in [1.54, 1.807) is 24.3 Å². The normalized spacial score (nSPS) is 10.4. The predicted molar refractivity (Wildman–Crippen MR) is 88.7 cm³/mol. The van der Waals surface area contributed by atoms with Crippen molar-refractivity contribution in [2.45, 2.75) is 25.7 Å². The van der Waals surface area contributed by atoms with Gasteiger partial charge in [-0.2, -0.15) is 8.42 Å². The van der Waals surface area contributed by atoms with Crippen molar-refractivity contribution < 1.29 is 22.5 Å². The van der Waals surface area contributed by atoms with Gasteiger partial charge in [-0.25, -0.2) is 0 Å². The number of hydrogen-bond donors (Lipinski definition) is 1. The number of aldehydes is 1. The molecule has 0 atom stereocenters. The zero-order valence-corrected chi connectivity index (χ0v) is 14.1. The van der Waals surface area contributed by atoms with Crippen molar-refractivity contribution in [2.75, 3.05) is 6.61 Å². The molecule has 124 valence electrons. The number of carbonyl (C=O) groups excluding carboxylic acids is 1. The maximum absolute atomic E-state index is 10.5. The van der Waals surface area contributed by atoms with Gasteiger partial charge in [-0.15, -0.1) is 0 Å². The van der Waals surface area contributed by atoms with Gasteiger partial charge >= 0.3 is 0 Å². The Morgan fingerprint density at radius 3 is 2.17 bits per heavy atom. The van der Waals surface area contributed by atoms with Gasteiger partial charge in [0.05, 0.1) is 11.5 Å². The molecule has 0 aliphatic rings. The van der Waals surface area contributed by atoms with Crippen LogP contribution in [-0.2, 0) is 10.1 Å². The summed E-state index contributed by atoms with van der Waals surface area (Å²) in [5.74, 6) is 0.794. The van der Waals surface area contributed by atoms with Crippen molar-refractivity contribution in [1.29, 1.82) is 0 Å². The number of benzene rings is 2. The molecule has 2 aromatic rings. The van der Waals surface area contributed by atoms with Crippen LogP contribution in [0.25, 0.3) is 0 Å². The van der Waals surface area contributed by atoms with E-state index in [9.17, 15) is 13.2 Å². The summed E-state index contributed by atoms with van der Waals surface area (Å²) in [6.07, 6.45) is 0.821. The molecular formula is C17H20O5S. The Labute approximate surface area is 136 Å². The Kier molecular flexibility index (Phi) is 6.93. The molecule has 0 heterocycles. The van der Waals surface area contributed by atoms with Gasteiger partial charge < -0.3 is 4.74 Å². The third-order valence-electron chi connectivity index (χ3n) is 2.97. The van der Waals surface area contributed by atoms with E-state index >= 15 is 0 Å². The van der Waals surface area contributed by atoms with Gasteiger partial charge in [-0.3, -0.25) is 9.35 Å². The Morgan fingerprint density at radius 2 is 1.70 bits per heavy atom. The van der Waals surface area contributed by atoms with Gasteiger partial charge in [0.15, 0.2) is 0 Å². The lowest BCUT2D eigenvalue weighted by atomic mass is 10.1.